The number of aromatic hydroxyl groups is 1. The summed E-state index contributed by atoms with van der Waals surface area (Å²) in [5.74, 6) is -0.102. The van der Waals surface area contributed by atoms with Gasteiger partial charge in [0.15, 0.2) is 0 Å². The van der Waals surface area contributed by atoms with Crippen molar-refractivity contribution in [1.82, 2.24) is 0 Å². The third-order valence-corrected chi connectivity index (χ3v) is 4.59. The van der Waals surface area contributed by atoms with Crippen LogP contribution in [0, 0.1) is 6.92 Å². The normalized spacial score (nSPS) is 12.0. The van der Waals surface area contributed by atoms with Gasteiger partial charge >= 0.3 is 5.63 Å². The Labute approximate surface area is 128 Å². The summed E-state index contributed by atoms with van der Waals surface area (Å²) in [7, 11) is 0. The van der Waals surface area contributed by atoms with E-state index >= 15 is 0 Å². The van der Waals surface area contributed by atoms with Gasteiger partial charge < -0.3 is 15.3 Å². The second-order valence-corrected chi connectivity index (χ2v) is 5.95. The topological polar surface area (TPSA) is 76.5 Å². The molecule has 0 spiro atoms. The van der Waals surface area contributed by atoms with Crippen LogP contribution in [0.15, 0.2) is 21.3 Å². The quantitative estimate of drug-likeness (QED) is 0.847. The molecule has 3 N–H and O–H groups in total. The zero-order valence-corrected chi connectivity index (χ0v) is 13.3. The van der Waals surface area contributed by atoms with Crippen LogP contribution < -0.4 is 11.4 Å². The summed E-state index contributed by atoms with van der Waals surface area (Å²) in [6.07, 6.45) is 2.01. The van der Waals surface area contributed by atoms with Gasteiger partial charge in [0.1, 0.15) is 11.3 Å². The van der Waals surface area contributed by atoms with Crippen LogP contribution in [0.5, 0.6) is 5.75 Å². The van der Waals surface area contributed by atoms with Crippen LogP contribution in [0.4, 0.5) is 0 Å². The molecule has 1 aromatic carbocycles. The van der Waals surface area contributed by atoms with Crippen molar-refractivity contribution in [3.8, 4) is 5.75 Å². The van der Waals surface area contributed by atoms with E-state index in [1.807, 2.05) is 20.8 Å². The van der Waals surface area contributed by atoms with Crippen LogP contribution in [0.3, 0.4) is 0 Å². The van der Waals surface area contributed by atoms with Gasteiger partial charge in [-0.05, 0) is 37.8 Å². The first-order valence-corrected chi connectivity index (χ1v) is 7.42. The van der Waals surface area contributed by atoms with Gasteiger partial charge in [0.25, 0.3) is 0 Å². The maximum absolute atomic E-state index is 12.2. The van der Waals surface area contributed by atoms with E-state index in [1.165, 1.54) is 6.07 Å². The van der Waals surface area contributed by atoms with Gasteiger partial charge in [-0.3, -0.25) is 0 Å². The van der Waals surface area contributed by atoms with E-state index in [0.29, 0.717) is 17.6 Å². The highest BCUT2D eigenvalue weighted by atomic mass is 35.5. The second-order valence-electron chi connectivity index (χ2n) is 5.54. The lowest BCUT2D eigenvalue weighted by Gasteiger charge is -2.27. The molecule has 21 heavy (non-hydrogen) atoms. The first kappa shape index (κ1) is 15.9. The first-order valence-electron chi connectivity index (χ1n) is 7.05. The van der Waals surface area contributed by atoms with Gasteiger partial charge in [-0.15, -0.1) is 0 Å². The van der Waals surface area contributed by atoms with Crippen molar-refractivity contribution in [2.75, 3.05) is 0 Å². The summed E-state index contributed by atoms with van der Waals surface area (Å²) >= 11 is 5.94. The Hall–Kier alpha value is -1.52. The van der Waals surface area contributed by atoms with Gasteiger partial charge in [0.2, 0.25) is 0 Å². The molecule has 0 fully saturated rings. The molecule has 1 aromatic heterocycles. The fourth-order valence-electron chi connectivity index (χ4n) is 2.45. The Morgan fingerprint density at radius 1 is 1.33 bits per heavy atom. The highest BCUT2D eigenvalue weighted by Crippen LogP contribution is 2.31. The van der Waals surface area contributed by atoms with Gasteiger partial charge in [-0.1, -0.05) is 25.4 Å². The Kier molecular flexibility index (Phi) is 4.30. The molecule has 0 unspecified atom stereocenters. The van der Waals surface area contributed by atoms with E-state index in [1.54, 1.807) is 6.07 Å². The number of benzene rings is 1. The largest absolute Gasteiger partial charge is 0.506 e. The highest BCUT2D eigenvalue weighted by Gasteiger charge is 2.25. The average Bonchev–Trinajstić information content (AvgIpc) is 2.46. The number of hydrogen-bond donors (Lipinski definition) is 2. The maximum atomic E-state index is 12.2. The number of fused-ring (bicyclic) bond motifs is 1. The Morgan fingerprint density at radius 2 is 1.95 bits per heavy atom. The van der Waals surface area contributed by atoms with E-state index in [2.05, 4.69) is 0 Å². The molecule has 0 aliphatic rings. The van der Waals surface area contributed by atoms with Crippen molar-refractivity contribution in [1.29, 1.82) is 0 Å². The smallest absolute Gasteiger partial charge is 0.339 e. The van der Waals surface area contributed by atoms with Crippen LogP contribution >= 0.6 is 11.6 Å². The highest BCUT2D eigenvalue weighted by molar-refractivity contribution is 6.32. The average molecular weight is 310 g/mol. The molecule has 4 nitrogen and oxygen atoms in total. The predicted octanol–water partition coefficient (Wildman–Crippen LogP) is 3.52. The lowest BCUT2D eigenvalue weighted by Crippen LogP contribution is -2.42. The molecule has 5 heteroatoms. The molecular formula is C16H20ClNO3. The summed E-state index contributed by atoms with van der Waals surface area (Å²) < 4.78 is 5.31. The number of aryl methyl sites for hydroxylation is 1. The number of nitrogens with two attached hydrogens (primary N) is 1. The first-order chi connectivity index (χ1) is 9.81. The summed E-state index contributed by atoms with van der Waals surface area (Å²) in [6, 6.07) is 2.98. The zero-order valence-electron chi connectivity index (χ0n) is 12.5. The SMILES string of the molecule is CCC(N)(CC)Cc1c(C)c2cc(Cl)c(O)cc2oc1=O. The van der Waals surface area contributed by atoms with Crippen LogP contribution in [0.2, 0.25) is 5.02 Å². The summed E-state index contributed by atoms with van der Waals surface area (Å²) in [5.41, 5.74) is 7.21. The Morgan fingerprint density at radius 3 is 2.52 bits per heavy atom. The summed E-state index contributed by atoms with van der Waals surface area (Å²) in [4.78, 5) is 12.2. The molecule has 0 bridgehead atoms. The number of phenols is 1. The molecule has 0 aliphatic heterocycles. The van der Waals surface area contributed by atoms with E-state index in [0.717, 1.165) is 23.8 Å². The van der Waals surface area contributed by atoms with Gasteiger partial charge in [0, 0.05) is 22.6 Å². The number of hydrogen-bond acceptors (Lipinski definition) is 4. The molecule has 0 amide bonds. The summed E-state index contributed by atoms with van der Waals surface area (Å²) in [6.45, 7) is 5.88. The Balaban J connectivity index is 2.66. The maximum Gasteiger partial charge on any atom is 0.339 e. The third-order valence-electron chi connectivity index (χ3n) is 4.29. The van der Waals surface area contributed by atoms with E-state index < -0.39 is 11.2 Å². The van der Waals surface area contributed by atoms with Gasteiger partial charge in [-0.25, -0.2) is 4.79 Å². The molecule has 0 atom stereocenters. The van der Waals surface area contributed by atoms with Gasteiger partial charge in [-0.2, -0.15) is 0 Å². The molecule has 0 saturated carbocycles. The van der Waals surface area contributed by atoms with Gasteiger partial charge in [0.05, 0.1) is 5.02 Å². The number of phenolic OH excluding ortho intramolecular Hbond substituents is 1. The van der Waals surface area contributed by atoms with E-state index in [-0.39, 0.29) is 10.8 Å². The molecule has 0 saturated heterocycles. The van der Waals surface area contributed by atoms with E-state index in [4.69, 9.17) is 21.8 Å². The monoisotopic (exact) mass is 309 g/mol. The van der Waals surface area contributed by atoms with E-state index in [9.17, 15) is 9.90 Å². The second kappa shape index (κ2) is 5.70. The fraction of sp³-hybridized carbons (Fsp3) is 0.438. The zero-order chi connectivity index (χ0) is 15.8. The van der Waals surface area contributed by atoms with Crippen LogP contribution in [-0.4, -0.2) is 10.6 Å². The standard InChI is InChI=1S/C16H20ClNO3/c1-4-16(18,5-2)8-11-9(3)10-6-12(17)13(19)7-14(10)21-15(11)20/h6-7,19H,4-5,8,18H2,1-3H3. The van der Waals surface area contributed by atoms with Crippen molar-refractivity contribution in [3.05, 3.63) is 38.7 Å². The van der Waals surface area contributed by atoms with Crippen LogP contribution in [0.1, 0.15) is 37.8 Å². The van der Waals surface area contributed by atoms with Crippen molar-refractivity contribution in [2.45, 2.75) is 45.6 Å². The molecular weight excluding hydrogens is 290 g/mol. The molecule has 1 heterocycles. The fourth-order valence-corrected chi connectivity index (χ4v) is 2.62. The summed E-state index contributed by atoms with van der Waals surface area (Å²) in [5, 5.41) is 10.6. The third kappa shape index (κ3) is 2.92. The molecule has 0 aliphatic carbocycles. The van der Waals surface area contributed by atoms with Crippen molar-refractivity contribution < 1.29 is 9.52 Å². The molecule has 2 rings (SSSR count). The van der Waals surface area contributed by atoms with Crippen LogP contribution in [-0.2, 0) is 6.42 Å². The molecule has 2 aromatic rings. The minimum absolute atomic E-state index is 0.102. The number of rotatable bonds is 4. The molecule has 114 valence electrons. The Bertz CT molecular complexity index is 732. The minimum atomic E-state index is -0.423. The lowest BCUT2D eigenvalue weighted by molar-refractivity contribution is 0.385. The lowest BCUT2D eigenvalue weighted by atomic mass is 9.85. The van der Waals surface area contributed by atoms with Crippen molar-refractivity contribution >= 4 is 22.6 Å². The van der Waals surface area contributed by atoms with Crippen LogP contribution in [0.25, 0.3) is 11.0 Å². The van der Waals surface area contributed by atoms with Crippen molar-refractivity contribution in [3.63, 3.8) is 0 Å². The number of halogens is 1. The predicted molar refractivity (Wildman–Crippen MR) is 85.1 cm³/mol. The molecule has 0 radical (unpaired) electrons. The minimum Gasteiger partial charge on any atom is -0.506 e. The van der Waals surface area contributed by atoms with Crippen molar-refractivity contribution in [2.24, 2.45) is 5.73 Å².